The molecule has 0 bridgehead atoms. The van der Waals surface area contributed by atoms with Crippen LogP contribution in [0, 0.1) is 17.3 Å². The Bertz CT molecular complexity index is 801. The molecule has 10 N–H and O–H groups in total. The van der Waals surface area contributed by atoms with Crippen molar-refractivity contribution in [1.29, 1.82) is 0 Å². The zero-order chi connectivity index (χ0) is 26.4. The first kappa shape index (κ1) is 29.8. The highest BCUT2D eigenvalue weighted by Crippen LogP contribution is 2.53. The average Bonchev–Trinajstić information content (AvgIpc) is 3.05. The van der Waals surface area contributed by atoms with Crippen LogP contribution in [-0.4, -0.2) is 64.5 Å². The number of ketones is 3. The number of Topliss-reactive ketones (excluding diaryl/α,β-unsaturated/α-hetero) is 3. The molecule has 34 heavy (non-hydrogen) atoms. The maximum absolute atomic E-state index is 13.9. The summed E-state index contributed by atoms with van der Waals surface area (Å²) in [6.07, 6.45) is 0.989. The van der Waals surface area contributed by atoms with Crippen LogP contribution < -0.4 is 28.3 Å². The topological polar surface area (TPSA) is 222 Å². The molecule has 1 rings (SSSR count). The minimum absolute atomic E-state index is 0.0166. The van der Waals surface area contributed by atoms with Crippen molar-refractivity contribution in [1.82, 2.24) is 5.32 Å². The first-order chi connectivity index (χ1) is 15.7. The van der Waals surface area contributed by atoms with Crippen molar-refractivity contribution >= 4 is 29.2 Å². The van der Waals surface area contributed by atoms with Crippen molar-refractivity contribution in [3.8, 4) is 0 Å². The van der Waals surface area contributed by atoms with Gasteiger partial charge >= 0.3 is 5.97 Å². The molecule has 6 unspecified atom stereocenters. The molecule has 0 aliphatic heterocycles. The Morgan fingerprint density at radius 1 is 1.06 bits per heavy atom. The number of unbranched alkanes of at least 4 members (excludes halogenated alkanes) is 1. The number of rotatable bonds is 14. The van der Waals surface area contributed by atoms with E-state index in [0.717, 1.165) is 0 Å². The third-order valence-corrected chi connectivity index (χ3v) is 6.70. The molecule has 194 valence electrons. The summed E-state index contributed by atoms with van der Waals surface area (Å²) in [5, 5.41) is 12.7. The van der Waals surface area contributed by atoms with Gasteiger partial charge in [-0.1, -0.05) is 20.3 Å². The van der Waals surface area contributed by atoms with Crippen LogP contribution in [0.15, 0.2) is 0 Å². The number of carbonyl (C=O) groups excluding carboxylic acids is 4. The largest absolute Gasteiger partial charge is 0.480 e. The summed E-state index contributed by atoms with van der Waals surface area (Å²) >= 11 is 0. The number of amides is 1. The zero-order valence-electron chi connectivity index (χ0n) is 20.6. The Balaban J connectivity index is 3.75. The third kappa shape index (κ3) is 5.70. The molecule has 0 heterocycles. The second-order valence-electron chi connectivity index (χ2n) is 9.87. The highest BCUT2D eigenvalue weighted by molar-refractivity contribution is 6.19. The van der Waals surface area contributed by atoms with Gasteiger partial charge in [0.2, 0.25) is 5.91 Å². The fourth-order valence-corrected chi connectivity index (χ4v) is 5.13. The lowest BCUT2D eigenvalue weighted by atomic mass is 9.58. The number of carbonyl (C=O) groups is 5. The van der Waals surface area contributed by atoms with Crippen molar-refractivity contribution in [3.05, 3.63) is 0 Å². The molecule has 1 saturated carbocycles. The Kier molecular flexibility index (Phi) is 10.5. The number of hydrogen-bond acceptors (Lipinski definition) is 9. The van der Waals surface area contributed by atoms with Gasteiger partial charge in [-0.2, -0.15) is 0 Å². The van der Waals surface area contributed by atoms with Gasteiger partial charge in [-0.25, -0.2) is 0 Å². The van der Waals surface area contributed by atoms with E-state index in [2.05, 4.69) is 5.32 Å². The van der Waals surface area contributed by atoms with E-state index in [0.29, 0.717) is 19.4 Å². The number of nitrogens with one attached hydrogen (secondary N) is 1. The number of hydrogen-bond donors (Lipinski definition) is 6. The average molecular weight is 484 g/mol. The van der Waals surface area contributed by atoms with Gasteiger partial charge < -0.3 is 33.4 Å². The van der Waals surface area contributed by atoms with E-state index in [4.69, 9.17) is 22.9 Å². The number of aliphatic carboxylic acids is 1. The van der Waals surface area contributed by atoms with Crippen LogP contribution in [0.25, 0.3) is 0 Å². The quantitative estimate of drug-likeness (QED) is 0.134. The smallest absolute Gasteiger partial charge is 0.325 e. The maximum Gasteiger partial charge on any atom is 0.325 e. The molecule has 0 spiro atoms. The summed E-state index contributed by atoms with van der Waals surface area (Å²) in [6, 6.07) is -3.55. The van der Waals surface area contributed by atoms with Gasteiger partial charge in [-0.3, -0.25) is 24.0 Å². The van der Waals surface area contributed by atoms with Crippen LogP contribution in [0.2, 0.25) is 0 Å². The van der Waals surface area contributed by atoms with Crippen molar-refractivity contribution in [2.45, 2.75) is 89.9 Å². The molecule has 6 atom stereocenters. The van der Waals surface area contributed by atoms with Crippen LogP contribution in [0.4, 0.5) is 0 Å². The van der Waals surface area contributed by atoms with Gasteiger partial charge in [-0.15, -0.1) is 0 Å². The zero-order valence-corrected chi connectivity index (χ0v) is 20.6. The third-order valence-electron chi connectivity index (χ3n) is 6.70. The van der Waals surface area contributed by atoms with E-state index in [1.165, 1.54) is 13.8 Å². The Morgan fingerprint density at radius 3 is 2.09 bits per heavy atom. The van der Waals surface area contributed by atoms with Crippen LogP contribution in [0.5, 0.6) is 0 Å². The summed E-state index contributed by atoms with van der Waals surface area (Å²) in [7, 11) is 0. The standard InChI is InChI=1S/C23H41N5O6/c1-12(2)11-17(28-14(4)29)18(30)15-8-9-22(27,21(33)34)23(15,19(31)13(3)25)20(32)16(26)7-5-6-10-24/h12-13,15-17H,5-11,24-27H2,1-4H3,(H,28,29)(H,33,34). The van der Waals surface area contributed by atoms with Crippen LogP contribution in [0.3, 0.4) is 0 Å². The molecule has 0 aromatic carbocycles. The summed E-state index contributed by atoms with van der Waals surface area (Å²) in [5.41, 5.74) is 19.1. The monoisotopic (exact) mass is 483 g/mol. The number of carboxylic acids is 1. The molecule has 1 aliphatic carbocycles. The van der Waals surface area contributed by atoms with E-state index < -0.39 is 64.2 Å². The summed E-state index contributed by atoms with van der Waals surface area (Å²) in [4.78, 5) is 65.6. The number of nitrogens with two attached hydrogens (primary N) is 4. The molecule has 0 aromatic heterocycles. The fraction of sp³-hybridized carbons (Fsp3) is 0.783. The molecule has 1 aliphatic rings. The van der Waals surface area contributed by atoms with Crippen LogP contribution in [0.1, 0.15) is 66.2 Å². The Morgan fingerprint density at radius 2 is 1.65 bits per heavy atom. The summed E-state index contributed by atoms with van der Waals surface area (Å²) in [6.45, 7) is 6.63. The van der Waals surface area contributed by atoms with Gasteiger partial charge in [0.15, 0.2) is 17.3 Å². The second-order valence-corrected chi connectivity index (χ2v) is 9.87. The molecule has 1 fully saturated rings. The summed E-state index contributed by atoms with van der Waals surface area (Å²) < 4.78 is 0. The molecular formula is C23H41N5O6. The highest BCUT2D eigenvalue weighted by atomic mass is 16.4. The van der Waals surface area contributed by atoms with Crippen LogP contribution >= 0.6 is 0 Å². The predicted octanol–water partition coefficient (Wildman–Crippen LogP) is -0.773. The number of carboxylic acid groups (broad SMARTS) is 1. The van der Waals surface area contributed by atoms with Gasteiger partial charge in [-0.05, 0) is 51.5 Å². The fourth-order valence-electron chi connectivity index (χ4n) is 5.13. The molecule has 0 saturated heterocycles. The highest BCUT2D eigenvalue weighted by Gasteiger charge is 2.72. The van der Waals surface area contributed by atoms with Gasteiger partial charge in [0.25, 0.3) is 0 Å². The Hall–Kier alpha value is -2.21. The lowest BCUT2D eigenvalue weighted by molar-refractivity contribution is -0.164. The van der Waals surface area contributed by atoms with E-state index in [-0.39, 0.29) is 31.6 Å². The minimum atomic E-state index is -2.46. The lowest BCUT2D eigenvalue weighted by Crippen LogP contribution is -2.72. The lowest BCUT2D eigenvalue weighted by Gasteiger charge is -2.44. The second kappa shape index (κ2) is 12.0. The predicted molar refractivity (Wildman–Crippen MR) is 126 cm³/mol. The molecule has 1 amide bonds. The van der Waals surface area contributed by atoms with E-state index >= 15 is 0 Å². The van der Waals surface area contributed by atoms with Crippen molar-refractivity contribution < 1.29 is 29.1 Å². The first-order valence-corrected chi connectivity index (χ1v) is 11.8. The minimum Gasteiger partial charge on any atom is -0.480 e. The van der Waals surface area contributed by atoms with E-state index in [1.807, 2.05) is 13.8 Å². The molecular weight excluding hydrogens is 442 g/mol. The normalized spacial score (nSPS) is 27.1. The SMILES string of the molecule is CC(=O)NC(CC(C)C)C(=O)C1CCC(N)(C(=O)O)C1(C(=O)C(C)N)C(=O)C(N)CCCCN. The van der Waals surface area contributed by atoms with E-state index in [9.17, 15) is 29.1 Å². The molecule has 0 radical (unpaired) electrons. The van der Waals surface area contributed by atoms with Gasteiger partial charge in [0.1, 0.15) is 11.0 Å². The van der Waals surface area contributed by atoms with Crippen molar-refractivity contribution in [3.63, 3.8) is 0 Å². The summed E-state index contributed by atoms with van der Waals surface area (Å²) in [5.74, 6) is -5.92. The van der Waals surface area contributed by atoms with Crippen molar-refractivity contribution in [2.24, 2.45) is 40.2 Å². The van der Waals surface area contributed by atoms with Crippen molar-refractivity contribution in [2.75, 3.05) is 6.54 Å². The van der Waals surface area contributed by atoms with Gasteiger partial charge in [0.05, 0.1) is 18.1 Å². The van der Waals surface area contributed by atoms with E-state index in [1.54, 1.807) is 0 Å². The molecule has 11 nitrogen and oxygen atoms in total. The molecule has 11 heteroatoms. The molecule has 0 aromatic rings. The first-order valence-electron chi connectivity index (χ1n) is 11.8. The Labute approximate surface area is 200 Å². The van der Waals surface area contributed by atoms with Crippen LogP contribution in [-0.2, 0) is 24.0 Å². The maximum atomic E-state index is 13.9. The van der Waals surface area contributed by atoms with Gasteiger partial charge in [0, 0.05) is 12.8 Å².